The molecule has 0 aromatic rings. The average Bonchev–Trinajstić information content (AvgIpc) is 3.15. The van der Waals surface area contributed by atoms with Crippen LogP contribution in [0, 0.1) is 0 Å². The first kappa shape index (κ1) is 52.0. The molecular weight excluding hydrogens is 685 g/mol. The summed E-state index contributed by atoms with van der Waals surface area (Å²) < 4.78 is 33.5. The Labute approximate surface area is 327 Å². The first-order chi connectivity index (χ1) is 25.9. The van der Waals surface area contributed by atoms with E-state index in [1.807, 2.05) is 0 Å². The highest BCUT2D eigenvalue weighted by Gasteiger charge is 2.25. The summed E-state index contributed by atoms with van der Waals surface area (Å²) in [4.78, 5) is 22.5. The van der Waals surface area contributed by atoms with E-state index in [2.05, 4.69) is 38.2 Å². The molecule has 0 heterocycles. The molecule has 3 N–H and O–H groups in total. The van der Waals surface area contributed by atoms with E-state index >= 15 is 0 Å². The van der Waals surface area contributed by atoms with Gasteiger partial charge < -0.3 is 20.1 Å². The van der Waals surface area contributed by atoms with Gasteiger partial charge in [-0.05, 0) is 44.9 Å². The number of phosphoric ester groups is 1. The number of ether oxygens (including phenoxy) is 2. The minimum atomic E-state index is -4.27. The predicted molar refractivity (Wildman–Crippen MR) is 224 cm³/mol. The number of allylic oxidation sites excluding steroid dienone is 4. The lowest BCUT2D eigenvalue weighted by Gasteiger charge is -2.20. The zero-order valence-corrected chi connectivity index (χ0v) is 35.7. The molecule has 0 spiro atoms. The van der Waals surface area contributed by atoms with E-state index in [9.17, 15) is 14.3 Å². The summed E-state index contributed by atoms with van der Waals surface area (Å²) in [6.07, 6.45) is 46.2. The molecule has 0 saturated carbocycles. The molecule has 2 unspecified atom stereocenters. The molecule has 314 valence electrons. The van der Waals surface area contributed by atoms with Crippen molar-refractivity contribution < 1.29 is 32.8 Å². The van der Waals surface area contributed by atoms with Gasteiger partial charge in [-0.15, -0.1) is 0 Å². The zero-order valence-electron chi connectivity index (χ0n) is 34.8. The van der Waals surface area contributed by atoms with Crippen molar-refractivity contribution in [1.29, 1.82) is 0 Å². The van der Waals surface area contributed by atoms with Crippen LogP contribution >= 0.6 is 7.82 Å². The summed E-state index contributed by atoms with van der Waals surface area (Å²) in [5, 5.41) is 0. The number of hydrogen-bond acceptors (Lipinski definition) is 7. The van der Waals surface area contributed by atoms with Gasteiger partial charge in [-0.1, -0.05) is 186 Å². The number of rotatable bonds is 43. The van der Waals surface area contributed by atoms with Crippen LogP contribution in [0.1, 0.15) is 213 Å². The Bertz CT molecular complexity index is 869. The molecule has 0 amide bonds. The van der Waals surface area contributed by atoms with Gasteiger partial charge in [-0.25, -0.2) is 4.57 Å². The predicted octanol–water partition coefficient (Wildman–Crippen LogP) is 13.3. The molecule has 0 radical (unpaired) electrons. The van der Waals surface area contributed by atoms with Crippen LogP contribution in [0.15, 0.2) is 24.3 Å². The molecule has 0 aromatic heterocycles. The van der Waals surface area contributed by atoms with E-state index < -0.39 is 13.9 Å². The Kier molecular flexibility index (Phi) is 41.3. The monoisotopic (exact) mass is 772 g/mol. The van der Waals surface area contributed by atoms with Crippen molar-refractivity contribution in [3.8, 4) is 0 Å². The van der Waals surface area contributed by atoms with Gasteiger partial charge in [0.15, 0.2) is 0 Å². The van der Waals surface area contributed by atoms with E-state index in [-0.39, 0.29) is 32.3 Å². The standard InChI is InChI=1S/C44H86NO7P/c1-3-5-7-9-11-13-15-17-19-20-21-22-23-25-27-29-31-33-35-37-44(46)52-43(42-51-53(47,48)50-40-38-45)41-49-39-36-34-32-30-28-26-24-18-16-14-12-10-8-6-4-2/h11,13,17,19,43H,3-10,12,14-16,18,20-42,45H2,1-2H3,(H,47,48)/b13-11-,19-17-. The fourth-order valence-corrected chi connectivity index (χ4v) is 7.09. The third-order valence-corrected chi connectivity index (χ3v) is 10.6. The lowest BCUT2D eigenvalue weighted by atomic mass is 10.0. The van der Waals surface area contributed by atoms with Crippen LogP contribution < -0.4 is 5.73 Å². The van der Waals surface area contributed by atoms with E-state index in [4.69, 9.17) is 24.3 Å². The fraction of sp³-hybridized carbons (Fsp3) is 0.886. The highest BCUT2D eigenvalue weighted by molar-refractivity contribution is 7.47. The molecule has 0 aliphatic rings. The molecule has 0 aliphatic heterocycles. The van der Waals surface area contributed by atoms with Gasteiger partial charge in [0.2, 0.25) is 0 Å². The molecule has 0 saturated heterocycles. The van der Waals surface area contributed by atoms with Crippen LogP contribution in [0.3, 0.4) is 0 Å². The van der Waals surface area contributed by atoms with Crippen LogP contribution in [0.4, 0.5) is 0 Å². The summed E-state index contributed by atoms with van der Waals surface area (Å²) in [5.41, 5.74) is 5.37. The molecule has 0 bridgehead atoms. The van der Waals surface area contributed by atoms with Crippen LogP contribution in [0.5, 0.6) is 0 Å². The highest BCUT2D eigenvalue weighted by Crippen LogP contribution is 2.43. The maximum absolute atomic E-state index is 12.6. The second kappa shape index (κ2) is 42.1. The lowest BCUT2D eigenvalue weighted by molar-refractivity contribution is -0.154. The molecule has 53 heavy (non-hydrogen) atoms. The number of nitrogens with two attached hydrogens (primary N) is 1. The van der Waals surface area contributed by atoms with Crippen molar-refractivity contribution in [2.75, 3.05) is 33.0 Å². The van der Waals surface area contributed by atoms with Gasteiger partial charge in [0.1, 0.15) is 6.10 Å². The number of phosphoric acid groups is 1. The molecule has 0 aromatic carbocycles. The van der Waals surface area contributed by atoms with Gasteiger partial charge in [-0.2, -0.15) is 0 Å². The van der Waals surface area contributed by atoms with Crippen molar-refractivity contribution in [3.05, 3.63) is 24.3 Å². The third kappa shape index (κ3) is 42.0. The van der Waals surface area contributed by atoms with Gasteiger partial charge in [0, 0.05) is 19.6 Å². The SMILES string of the molecule is CCCCC/C=C\C/C=C\CCCCCCCCCCCC(=O)OC(COCCCCCCCCCCCCCCCCC)COP(=O)(O)OCCN. The van der Waals surface area contributed by atoms with Gasteiger partial charge >= 0.3 is 13.8 Å². The smallest absolute Gasteiger partial charge is 0.457 e. The largest absolute Gasteiger partial charge is 0.472 e. The average molecular weight is 772 g/mol. The summed E-state index contributed by atoms with van der Waals surface area (Å²) in [7, 11) is -4.27. The topological polar surface area (TPSA) is 117 Å². The fourth-order valence-electron chi connectivity index (χ4n) is 6.32. The molecule has 9 heteroatoms. The summed E-state index contributed by atoms with van der Waals surface area (Å²) in [6.45, 7) is 4.93. The Morgan fingerprint density at radius 3 is 1.51 bits per heavy atom. The zero-order chi connectivity index (χ0) is 38.8. The summed E-state index contributed by atoms with van der Waals surface area (Å²) in [6, 6.07) is 0. The van der Waals surface area contributed by atoms with Crippen molar-refractivity contribution in [1.82, 2.24) is 0 Å². The first-order valence-corrected chi connectivity index (χ1v) is 23.8. The van der Waals surface area contributed by atoms with Gasteiger partial charge in [0.25, 0.3) is 0 Å². The van der Waals surface area contributed by atoms with Gasteiger partial charge in [0.05, 0.1) is 19.8 Å². The number of esters is 1. The number of hydrogen-bond donors (Lipinski definition) is 2. The Balaban J connectivity index is 3.99. The summed E-state index contributed by atoms with van der Waals surface area (Å²) in [5.74, 6) is -0.332. The maximum atomic E-state index is 12.6. The molecule has 0 aliphatic carbocycles. The second-order valence-corrected chi connectivity index (χ2v) is 16.4. The van der Waals surface area contributed by atoms with Crippen LogP contribution in [-0.2, 0) is 27.9 Å². The van der Waals surface area contributed by atoms with Crippen molar-refractivity contribution >= 4 is 13.8 Å². The molecule has 8 nitrogen and oxygen atoms in total. The second-order valence-electron chi connectivity index (χ2n) is 14.9. The maximum Gasteiger partial charge on any atom is 0.472 e. The molecule has 0 fully saturated rings. The van der Waals surface area contributed by atoms with Crippen LogP contribution in [-0.4, -0.2) is 49.9 Å². The van der Waals surface area contributed by atoms with E-state index in [0.717, 1.165) is 38.5 Å². The van der Waals surface area contributed by atoms with E-state index in [0.29, 0.717) is 13.0 Å². The molecule has 2 atom stereocenters. The lowest BCUT2D eigenvalue weighted by Crippen LogP contribution is -2.28. The molecular formula is C44H86NO7P. The van der Waals surface area contributed by atoms with Gasteiger partial charge in [-0.3, -0.25) is 13.8 Å². The number of unbranched alkanes of at least 4 members (excludes halogenated alkanes) is 26. The first-order valence-electron chi connectivity index (χ1n) is 22.3. The molecule has 0 rings (SSSR count). The highest BCUT2D eigenvalue weighted by atomic mass is 31.2. The minimum absolute atomic E-state index is 0.0942. The van der Waals surface area contributed by atoms with Crippen molar-refractivity contribution in [2.24, 2.45) is 5.73 Å². The number of carbonyl (C=O) groups is 1. The van der Waals surface area contributed by atoms with E-state index in [1.165, 1.54) is 154 Å². The normalized spacial score (nSPS) is 13.7. The quantitative estimate of drug-likeness (QED) is 0.0272. The van der Waals surface area contributed by atoms with Crippen LogP contribution in [0.25, 0.3) is 0 Å². The number of carbonyl (C=O) groups excluding carboxylic acids is 1. The minimum Gasteiger partial charge on any atom is -0.457 e. The Hall–Kier alpha value is -1.02. The van der Waals surface area contributed by atoms with Crippen molar-refractivity contribution in [3.63, 3.8) is 0 Å². The third-order valence-electron chi connectivity index (χ3n) is 9.62. The van der Waals surface area contributed by atoms with Crippen LogP contribution in [0.2, 0.25) is 0 Å². The Morgan fingerprint density at radius 2 is 1.00 bits per heavy atom. The summed E-state index contributed by atoms with van der Waals surface area (Å²) >= 11 is 0. The van der Waals surface area contributed by atoms with Crippen molar-refractivity contribution in [2.45, 2.75) is 219 Å². The Morgan fingerprint density at radius 1 is 0.566 bits per heavy atom. The van der Waals surface area contributed by atoms with E-state index in [1.54, 1.807) is 0 Å².